The first-order valence-corrected chi connectivity index (χ1v) is 6.38. The van der Waals surface area contributed by atoms with Crippen LogP contribution in [0.3, 0.4) is 0 Å². The van der Waals surface area contributed by atoms with Gasteiger partial charge in [0.25, 0.3) is 0 Å². The molecule has 0 aromatic carbocycles. The fourth-order valence-corrected chi connectivity index (χ4v) is 1.70. The number of aryl methyl sites for hydroxylation is 1. The topological polar surface area (TPSA) is 78.0 Å². The van der Waals surface area contributed by atoms with Crippen LogP contribution in [0.25, 0.3) is 0 Å². The minimum absolute atomic E-state index is 0.488. The van der Waals surface area contributed by atoms with Gasteiger partial charge in [-0.3, -0.25) is 0 Å². The number of hydrogen-bond acceptors (Lipinski definition) is 5. The summed E-state index contributed by atoms with van der Waals surface area (Å²) in [7, 11) is 0. The number of rotatable bonds is 7. The van der Waals surface area contributed by atoms with Gasteiger partial charge in [0.1, 0.15) is 5.82 Å². The molecule has 0 saturated carbocycles. The van der Waals surface area contributed by atoms with Gasteiger partial charge in [-0.2, -0.15) is 4.98 Å². The molecular formula is C13H19N5O. The maximum absolute atomic E-state index is 5.77. The number of hydrogen-bond donors (Lipinski definition) is 2. The Hall–Kier alpha value is -2.24. The average molecular weight is 261 g/mol. The Morgan fingerprint density at radius 1 is 1.42 bits per heavy atom. The Bertz CT molecular complexity index is 498. The van der Waals surface area contributed by atoms with Crippen LogP contribution in [-0.4, -0.2) is 27.7 Å². The lowest BCUT2D eigenvalue weighted by molar-refractivity contribution is 0.329. The van der Waals surface area contributed by atoms with E-state index in [1.165, 1.54) is 0 Å². The lowest BCUT2D eigenvalue weighted by Crippen LogP contribution is -2.08. The zero-order valence-electron chi connectivity index (χ0n) is 11.0. The minimum Gasteiger partial charge on any atom is -0.476 e. The number of ether oxygens (including phenoxy) is 1. The Morgan fingerprint density at radius 2 is 2.32 bits per heavy atom. The number of nitrogen functional groups attached to an aromatic ring is 1. The lowest BCUT2D eigenvalue weighted by atomic mass is 10.3. The summed E-state index contributed by atoms with van der Waals surface area (Å²) in [6.45, 7) is 4.23. The maximum atomic E-state index is 5.77. The first kappa shape index (κ1) is 13.2. The van der Waals surface area contributed by atoms with E-state index >= 15 is 0 Å². The molecule has 0 atom stereocenters. The highest BCUT2D eigenvalue weighted by Gasteiger charge is 2.03. The van der Waals surface area contributed by atoms with Crippen molar-refractivity contribution in [1.29, 1.82) is 0 Å². The van der Waals surface area contributed by atoms with E-state index in [1.54, 1.807) is 12.3 Å². The zero-order valence-corrected chi connectivity index (χ0v) is 11.0. The van der Waals surface area contributed by atoms with Gasteiger partial charge in [0.05, 0.1) is 18.6 Å². The van der Waals surface area contributed by atoms with Crippen LogP contribution >= 0.6 is 0 Å². The molecule has 2 heterocycles. The van der Waals surface area contributed by atoms with Crippen LogP contribution in [0.2, 0.25) is 0 Å². The van der Waals surface area contributed by atoms with Crippen molar-refractivity contribution in [2.75, 3.05) is 24.2 Å². The first-order chi connectivity index (χ1) is 9.29. The maximum Gasteiger partial charge on any atom is 0.239 e. The van der Waals surface area contributed by atoms with Gasteiger partial charge < -0.3 is 20.4 Å². The van der Waals surface area contributed by atoms with E-state index in [4.69, 9.17) is 10.5 Å². The summed E-state index contributed by atoms with van der Waals surface area (Å²) in [4.78, 5) is 8.32. The first-order valence-electron chi connectivity index (χ1n) is 6.38. The van der Waals surface area contributed by atoms with Crippen molar-refractivity contribution < 1.29 is 4.74 Å². The van der Waals surface area contributed by atoms with Crippen molar-refractivity contribution in [2.24, 2.45) is 0 Å². The van der Waals surface area contributed by atoms with E-state index in [1.807, 2.05) is 30.1 Å². The van der Waals surface area contributed by atoms with Gasteiger partial charge in [0.2, 0.25) is 5.88 Å². The van der Waals surface area contributed by atoms with Crippen molar-refractivity contribution in [1.82, 2.24) is 14.5 Å². The molecule has 0 saturated heterocycles. The molecule has 2 rings (SSSR count). The molecule has 0 aliphatic carbocycles. The molecule has 0 radical (unpaired) electrons. The number of aromatic nitrogens is 3. The van der Waals surface area contributed by atoms with Crippen LogP contribution in [0, 0.1) is 0 Å². The van der Waals surface area contributed by atoms with E-state index in [2.05, 4.69) is 15.3 Å². The van der Waals surface area contributed by atoms with Gasteiger partial charge in [-0.25, -0.2) is 4.98 Å². The van der Waals surface area contributed by atoms with Crippen LogP contribution in [0.4, 0.5) is 11.5 Å². The van der Waals surface area contributed by atoms with Crippen LogP contribution in [0.15, 0.2) is 30.9 Å². The van der Waals surface area contributed by atoms with Crippen molar-refractivity contribution in [2.45, 2.75) is 19.9 Å². The Morgan fingerprint density at radius 3 is 3.05 bits per heavy atom. The van der Waals surface area contributed by atoms with Crippen LogP contribution < -0.4 is 15.8 Å². The van der Waals surface area contributed by atoms with Gasteiger partial charge in [-0.15, -0.1) is 0 Å². The standard InChI is InChI=1S/C13H19N5O/c1-2-19-13-11(14)4-5-12(17-13)16-6-3-8-18-9-7-15-10-18/h4-5,7,9-10H,2-3,6,8,14H2,1H3,(H,16,17). The highest BCUT2D eigenvalue weighted by atomic mass is 16.5. The van der Waals surface area contributed by atoms with Gasteiger partial charge in [0.15, 0.2) is 0 Å². The van der Waals surface area contributed by atoms with Gasteiger partial charge >= 0.3 is 0 Å². The van der Waals surface area contributed by atoms with Crippen LogP contribution in [0.1, 0.15) is 13.3 Å². The number of nitrogens with zero attached hydrogens (tertiary/aromatic N) is 3. The second-order valence-electron chi connectivity index (χ2n) is 4.10. The second kappa shape index (κ2) is 6.63. The van der Waals surface area contributed by atoms with Gasteiger partial charge in [-0.1, -0.05) is 0 Å². The van der Waals surface area contributed by atoms with Crippen molar-refractivity contribution in [3.8, 4) is 5.88 Å². The fraction of sp³-hybridized carbons (Fsp3) is 0.385. The molecule has 2 aromatic heterocycles. The molecule has 0 aliphatic rings. The molecule has 2 aromatic rings. The van der Waals surface area contributed by atoms with Crippen LogP contribution in [-0.2, 0) is 6.54 Å². The summed E-state index contributed by atoms with van der Waals surface area (Å²) in [6.07, 6.45) is 6.54. The third-order valence-corrected chi connectivity index (χ3v) is 2.63. The summed E-state index contributed by atoms with van der Waals surface area (Å²) in [5, 5.41) is 3.25. The third-order valence-electron chi connectivity index (χ3n) is 2.63. The molecular weight excluding hydrogens is 242 g/mol. The molecule has 0 amide bonds. The van der Waals surface area contributed by atoms with E-state index in [9.17, 15) is 0 Å². The normalized spacial score (nSPS) is 10.4. The summed E-state index contributed by atoms with van der Waals surface area (Å²) < 4.78 is 7.40. The third kappa shape index (κ3) is 3.87. The average Bonchev–Trinajstić information content (AvgIpc) is 2.92. The molecule has 6 heteroatoms. The SMILES string of the molecule is CCOc1nc(NCCCn2ccnc2)ccc1N. The van der Waals surface area contributed by atoms with E-state index in [-0.39, 0.29) is 0 Å². The van der Waals surface area contributed by atoms with Gasteiger partial charge in [-0.05, 0) is 25.5 Å². The summed E-state index contributed by atoms with van der Waals surface area (Å²) in [5.74, 6) is 1.27. The Kier molecular flexibility index (Phi) is 4.60. The molecule has 19 heavy (non-hydrogen) atoms. The van der Waals surface area contributed by atoms with Crippen molar-refractivity contribution in [3.63, 3.8) is 0 Å². The molecule has 0 bridgehead atoms. The number of nitrogens with one attached hydrogen (secondary N) is 1. The van der Waals surface area contributed by atoms with E-state index in [0.29, 0.717) is 18.2 Å². The number of nitrogens with two attached hydrogens (primary N) is 1. The predicted molar refractivity (Wildman–Crippen MR) is 75.2 cm³/mol. The van der Waals surface area contributed by atoms with Crippen LogP contribution in [0.5, 0.6) is 5.88 Å². The van der Waals surface area contributed by atoms with E-state index in [0.717, 1.165) is 25.3 Å². The minimum atomic E-state index is 0.488. The van der Waals surface area contributed by atoms with Crippen molar-refractivity contribution in [3.05, 3.63) is 30.9 Å². The zero-order chi connectivity index (χ0) is 13.5. The molecule has 0 spiro atoms. The smallest absolute Gasteiger partial charge is 0.239 e. The van der Waals surface area contributed by atoms with E-state index < -0.39 is 0 Å². The molecule has 0 fully saturated rings. The largest absolute Gasteiger partial charge is 0.476 e. The monoisotopic (exact) mass is 261 g/mol. The fourth-order valence-electron chi connectivity index (χ4n) is 1.70. The quantitative estimate of drug-likeness (QED) is 0.743. The molecule has 0 aliphatic heterocycles. The Balaban J connectivity index is 1.80. The second-order valence-corrected chi connectivity index (χ2v) is 4.10. The highest BCUT2D eigenvalue weighted by Crippen LogP contribution is 2.20. The lowest BCUT2D eigenvalue weighted by Gasteiger charge is -2.09. The predicted octanol–water partition coefficient (Wildman–Crippen LogP) is 1.76. The number of imidazole rings is 1. The molecule has 6 nitrogen and oxygen atoms in total. The summed E-state index contributed by atoms with van der Waals surface area (Å²) in [5.41, 5.74) is 6.33. The van der Waals surface area contributed by atoms with Crippen molar-refractivity contribution >= 4 is 11.5 Å². The number of pyridine rings is 1. The summed E-state index contributed by atoms with van der Waals surface area (Å²) >= 11 is 0. The number of anilines is 2. The summed E-state index contributed by atoms with van der Waals surface area (Å²) in [6, 6.07) is 3.66. The molecule has 3 N–H and O–H groups in total. The Labute approximate surface area is 112 Å². The van der Waals surface area contributed by atoms with Gasteiger partial charge in [0, 0.05) is 25.5 Å². The molecule has 0 unspecified atom stereocenters. The molecule has 102 valence electrons. The highest BCUT2D eigenvalue weighted by molar-refractivity contribution is 5.53.